The fraction of sp³-hybridized carbons (Fsp3) is 0.875. The highest BCUT2D eigenvalue weighted by molar-refractivity contribution is 5.37. The molecule has 0 unspecified atom stereocenters. The minimum absolute atomic E-state index is 0.473. The first-order valence-electron chi connectivity index (χ1n) is 4.22. The van der Waals surface area contributed by atoms with Crippen molar-refractivity contribution < 1.29 is 14.3 Å². The summed E-state index contributed by atoms with van der Waals surface area (Å²) in [7, 11) is 0. The normalized spacial score (nSPS) is 19.0. The molecule has 0 aromatic heterocycles. The average Bonchev–Trinajstić information content (AvgIpc) is 2.14. The Bertz CT molecular complexity index is 123. The molecule has 0 aromatic carbocycles. The van der Waals surface area contributed by atoms with E-state index in [1.54, 1.807) is 0 Å². The Balaban J connectivity index is 1.94. The number of hydrogen-bond acceptors (Lipinski definition) is 4. The molecular weight excluding hydrogens is 158 g/mol. The van der Waals surface area contributed by atoms with Crippen LogP contribution in [0, 0.1) is 0 Å². The van der Waals surface area contributed by atoms with Crippen molar-refractivity contribution in [2.75, 3.05) is 39.5 Å². The third-order valence-corrected chi connectivity index (χ3v) is 1.88. The van der Waals surface area contributed by atoms with E-state index in [9.17, 15) is 4.79 Å². The van der Waals surface area contributed by atoms with Crippen LogP contribution in [0.5, 0.6) is 0 Å². The highest BCUT2D eigenvalue weighted by atomic mass is 16.5. The van der Waals surface area contributed by atoms with E-state index >= 15 is 0 Å². The van der Waals surface area contributed by atoms with Crippen molar-refractivity contribution >= 4 is 6.47 Å². The van der Waals surface area contributed by atoms with E-state index in [0.29, 0.717) is 6.61 Å². The van der Waals surface area contributed by atoms with Crippen LogP contribution >= 0.6 is 0 Å². The second-order valence-corrected chi connectivity index (χ2v) is 2.74. The molecule has 0 atom stereocenters. The Morgan fingerprint density at radius 3 is 2.83 bits per heavy atom. The fourth-order valence-corrected chi connectivity index (χ4v) is 1.23. The highest BCUT2D eigenvalue weighted by Crippen LogP contribution is 1.97. The van der Waals surface area contributed by atoms with Crippen molar-refractivity contribution in [3.05, 3.63) is 0 Å². The second kappa shape index (κ2) is 5.97. The zero-order valence-electron chi connectivity index (χ0n) is 7.12. The van der Waals surface area contributed by atoms with E-state index in [0.717, 1.165) is 39.3 Å². The lowest BCUT2D eigenvalue weighted by Gasteiger charge is -2.26. The fourth-order valence-electron chi connectivity index (χ4n) is 1.23. The van der Waals surface area contributed by atoms with E-state index in [-0.39, 0.29) is 0 Å². The van der Waals surface area contributed by atoms with Crippen LogP contribution in [0.25, 0.3) is 0 Å². The summed E-state index contributed by atoms with van der Waals surface area (Å²) < 4.78 is 9.65. The van der Waals surface area contributed by atoms with E-state index < -0.39 is 0 Å². The molecule has 0 bridgehead atoms. The minimum atomic E-state index is 0.473. The van der Waals surface area contributed by atoms with E-state index in [2.05, 4.69) is 9.64 Å². The highest BCUT2D eigenvalue weighted by Gasteiger charge is 2.08. The standard InChI is InChI=1S/C8H14NO3/c10-8-12-5-1-2-9-3-6-11-7-4-9/h1-7H2. The number of ether oxygens (including phenoxy) is 2. The Hall–Kier alpha value is -0.610. The summed E-state index contributed by atoms with van der Waals surface area (Å²) >= 11 is 0. The summed E-state index contributed by atoms with van der Waals surface area (Å²) in [5, 5.41) is 0. The maximum absolute atomic E-state index is 9.68. The molecule has 0 amide bonds. The average molecular weight is 172 g/mol. The van der Waals surface area contributed by atoms with Gasteiger partial charge in [0.05, 0.1) is 19.8 Å². The van der Waals surface area contributed by atoms with Gasteiger partial charge in [0.15, 0.2) is 0 Å². The molecule has 1 fully saturated rings. The van der Waals surface area contributed by atoms with Gasteiger partial charge < -0.3 is 9.47 Å². The van der Waals surface area contributed by atoms with E-state index in [1.807, 2.05) is 0 Å². The monoisotopic (exact) mass is 172 g/mol. The van der Waals surface area contributed by atoms with Crippen molar-refractivity contribution in [1.29, 1.82) is 0 Å². The van der Waals surface area contributed by atoms with E-state index in [1.165, 1.54) is 6.47 Å². The SMILES string of the molecule is O=[C]OCCCN1CCOCC1. The lowest BCUT2D eigenvalue weighted by atomic mass is 10.3. The summed E-state index contributed by atoms with van der Waals surface area (Å²) in [5.41, 5.74) is 0. The van der Waals surface area contributed by atoms with Gasteiger partial charge in [0, 0.05) is 19.6 Å². The van der Waals surface area contributed by atoms with Crippen LogP contribution in [0.2, 0.25) is 0 Å². The molecule has 1 saturated heterocycles. The van der Waals surface area contributed by atoms with Crippen molar-refractivity contribution in [3.8, 4) is 0 Å². The number of nitrogens with zero attached hydrogens (tertiary/aromatic N) is 1. The van der Waals surface area contributed by atoms with Crippen LogP contribution in [-0.2, 0) is 14.3 Å². The Morgan fingerprint density at radius 1 is 1.42 bits per heavy atom. The summed E-state index contributed by atoms with van der Waals surface area (Å²) in [6.07, 6.45) is 0.884. The molecule has 4 nitrogen and oxygen atoms in total. The largest absolute Gasteiger partial charge is 0.457 e. The zero-order chi connectivity index (χ0) is 8.65. The Kier molecular flexibility index (Phi) is 4.71. The first-order valence-corrected chi connectivity index (χ1v) is 4.22. The number of rotatable bonds is 5. The van der Waals surface area contributed by atoms with Crippen LogP contribution in [0.4, 0.5) is 0 Å². The minimum Gasteiger partial charge on any atom is -0.457 e. The van der Waals surface area contributed by atoms with E-state index in [4.69, 9.17) is 4.74 Å². The van der Waals surface area contributed by atoms with Crippen LogP contribution in [0.1, 0.15) is 6.42 Å². The lowest BCUT2D eigenvalue weighted by Crippen LogP contribution is -2.37. The van der Waals surface area contributed by atoms with Crippen molar-refractivity contribution in [2.24, 2.45) is 0 Å². The third kappa shape index (κ3) is 3.69. The molecule has 1 heterocycles. The summed E-state index contributed by atoms with van der Waals surface area (Å²) in [6, 6.07) is 0. The third-order valence-electron chi connectivity index (χ3n) is 1.88. The van der Waals surface area contributed by atoms with Crippen LogP contribution in [-0.4, -0.2) is 50.8 Å². The molecule has 1 rings (SSSR count). The number of carbonyl (C=O) groups excluding carboxylic acids is 1. The second-order valence-electron chi connectivity index (χ2n) is 2.74. The van der Waals surface area contributed by atoms with Crippen molar-refractivity contribution in [1.82, 2.24) is 4.90 Å². The van der Waals surface area contributed by atoms with Crippen molar-refractivity contribution in [3.63, 3.8) is 0 Å². The van der Waals surface area contributed by atoms with Gasteiger partial charge in [-0.15, -0.1) is 0 Å². The van der Waals surface area contributed by atoms with Crippen molar-refractivity contribution in [2.45, 2.75) is 6.42 Å². The molecule has 0 aliphatic carbocycles. The predicted molar refractivity (Wildman–Crippen MR) is 43.5 cm³/mol. The maximum atomic E-state index is 9.68. The van der Waals surface area contributed by atoms with Gasteiger partial charge in [0.25, 0.3) is 0 Å². The summed E-state index contributed by atoms with van der Waals surface area (Å²) in [6.45, 7) is 6.48. The number of morpholine rings is 1. The summed E-state index contributed by atoms with van der Waals surface area (Å²) in [4.78, 5) is 12.0. The molecule has 0 saturated carbocycles. The number of hydrogen-bond donors (Lipinski definition) is 0. The van der Waals surface area contributed by atoms with Gasteiger partial charge in [0.1, 0.15) is 0 Å². The van der Waals surface area contributed by atoms with Crippen LogP contribution in [0.15, 0.2) is 0 Å². The van der Waals surface area contributed by atoms with Gasteiger partial charge in [-0.1, -0.05) is 0 Å². The molecule has 1 aliphatic rings. The predicted octanol–water partition coefficient (Wildman–Crippen LogP) is -0.208. The molecule has 12 heavy (non-hydrogen) atoms. The quantitative estimate of drug-likeness (QED) is 0.538. The van der Waals surface area contributed by atoms with Crippen LogP contribution in [0.3, 0.4) is 0 Å². The van der Waals surface area contributed by atoms with Gasteiger partial charge in [-0.05, 0) is 6.42 Å². The molecule has 4 heteroatoms. The van der Waals surface area contributed by atoms with Gasteiger partial charge in [-0.25, -0.2) is 4.79 Å². The smallest absolute Gasteiger partial charge is 0.417 e. The molecule has 0 spiro atoms. The van der Waals surface area contributed by atoms with Gasteiger partial charge in [0.2, 0.25) is 0 Å². The molecular formula is C8H14NO3. The Labute approximate surface area is 72.4 Å². The van der Waals surface area contributed by atoms with Gasteiger partial charge >= 0.3 is 6.47 Å². The van der Waals surface area contributed by atoms with Crippen LogP contribution < -0.4 is 0 Å². The maximum Gasteiger partial charge on any atom is 0.417 e. The zero-order valence-corrected chi connectivity index (χ0v) is 7.12. The van der Waals surface area contributed by atoms with Gasteiger partial charge in [-0.3, -0.25) is 4.90 Å². The first-order chi connectivity index (χ1) is 5.93. The lowest BCUT2D eigenvalue weighted by molar-refractivity contribution is 0.0355. The summed E-state index contributed by atoms with van der Waals surface area (Å²) in [5.74, 6) is 0. The molecule has 69 valence electrons. The molecule has 0 N–H and O–H groups in total. The Morgan fingerprint density at radius 2 is 2.17 bits per heavy atom. The first kappa shape index (κ1) is 9.48. The molecule has 0 aromatic rings. The molecule has 1 aliphatic heterocycles. The van der Waals surface area contributed by atoms with Gasteiger partial charge in [-0.2, -0.15) is 0 Å². The topological polar surface area (TPSA) is 38.8 Å². The molecule has 1 radical (unpaired) electrons.